The second-order valence-electron chi connectivity index (χ2n) is 21.1. The summed E-state index contributed by atoms with van der Waals surface area (Å²) >= 11 is 0. The van der Waals surface area contributed by atoms with Gasteiger partial charge in [0.1, 0.15) is 30.2 Å². The van der Waals surface area contributed by atoms with Crippen LogP contribution in [0.3, 0.4) is 0 Å². The second kappa shape index (κ2) is 12.8. The van der Waals surface area contributed by atoms with E-state index in [1.54, 1.807) is 6.26 Å². The molecule has 10 fully saturated rings. The van der Waals surface area contributed by atoms with Gasteiger partial charge in [-0.15, -0.1) is 0 Å². The molecular formula is C45H62N2O10. The van der Waals surface area contributed by atoms with Gasteiger partial charge in [0.2, 0.25) is 0 Å². The van der Waals surface area contributed by atoms with Crippen LogP contribution in [0.25, 0.3) is 0 Å². The van der Waals surface area contributed by atoms with E-state index in [2.05, 4.69) is 17.6 Å². The molecule has 0 aromatic carbocycles. The summed E-state index contributed by atoms with van der Waals surface area (Å²) in [6.07, 6.45) is 9.45. The molecule has 16 atom stereocenters. The number of ketones is 1. The minimum absolute atomic E-state index is 0.0188. The molecule has 0 amide bonds. The van der Waals surface area contributed by atoms with Gasteiger partial charge in [0.15, 0.2) is 11.9 Å². The summed E-state index contributed by atoms with van der Waals surface area (Å²) in [6, 6.07) is 2.45. The zero-order chi connectivity index (χ0) is 39.3. The third-order valence-electron chi connectivity index (χ3n) is 18.5. The molecule has 1 aromatic rings. The van der Waals surface area contributed by atoms with Gasteiger partial charge in [-0.2, -0.15) is 0 Å². The lowest BCUT2D eigenvalue weighted by molar-refractivity contribution is -0.275. The summed E-state index contributed by atoms with van der Waals surface area (Å²) in [4.78, 5) is 42.6. The number of aliphatic hydroxyl groups excluding tert-OH is 2. The number of carbonyl (C=O) groups excluding carboxylic acids is 3. The van der Waals surface area contributed by atoms with Crippen molar-refractivity contribution in [1.29, 1.82) is 0 Å². The van der Waals surface area contributed by atoms with Crippen molar-refractivity contribution in [3.8, 4) is 0 Å². The maximum absolute atomic E-state index is 15.2. The molecule has 16 unspecified atom stereocenters. The number of furan rings is 1. The molecule has 0 radical (unpaired) electrons. The van der Waals surface area contributed by atoms with Gasteiger partial charge in [0.25, 0.3) is 0 Å². The molecule has 4 N–H and O–H groups in total. The van der Waals surface area contributed by atoms with Crippen molar-refractivity contribution >= 4 is 17.7 Å². The van der Waals surface area contributed by atoms with Gasteiger partial charge >= 0.3 is 11.9 Å². The van der Waals surface area contributed by atoms with Crippen LogP contribution in [0.15, 0.2) is 16.7 Å². The summed E-state index contributed by atoms with van der Waals surface area (Å²) in [5.74, 6) is 0.369. The lowest BCUT2D eigenvalue weighted by atomic mass is 9.33. The minimum atomic E-state index is -1.39. The van der Waals surface area contributed by atoms with Gasteiger partial charge in [-0.25, -0.2) is 4.79 Å². The molecule has 12 heteroatoms. The number of hydrogen-bond donors (Lipinski definition) is 4. The standard InChI is InChI=1S/C45H62N2O10/c1-41(2)36-35(50)37(51)44(27-7-5-4-6-8-27)32(43(36)21-54-34(49)19-33(43)56-41)11-13-42(3)38(55-40(52)39-45(42,44)57-39)28-12-14-53-31(28)18-26-16-25-15-24(29-20-46-22-47-29)10-9-23(25)17-30(26)48/h12,14,23-27,29-30,32-33,36-39,46-48,51H,4-11,13,15-22H2,1-3H3. The number of Topliss-reactive ketones (excluding diaryl/α,β-unsaturated/α-hetero) is 1. The van der Waals surface area contributed by atoms with Crippen LogP contribution in [-0.4, -0.2) is 89.4 Å². The van der Waals surface area contributed by atoms with E-state index in [1.165, 1.54) is 12.8 Å². The Morgan fingerprint density at radius 1 is 0.895 bits per heavy atom. The molecule has 6 heterocycles. The molecule has 2 spiro atoms. The fraction of sp³-hybridized carbons (Fsp3) is 0.844. The molecule has 5 saturated carbocycles. The van der Waals surface area contributed by atoms with E-state index in [-0.39, 0.29) is 42.5 Å². The quantitative estimate of drug-likeness (QED) is 0.243. The Morgan fingerprint density at radius 2 is 1.70 bits per heavy atom. The predicted molar refractivity (Wildman–Crippen MR) is 203 cm³/mol. The Morgan fingerprint density at radius 3 is 2.49 bits per heavy atom. The first-order chi connectivity index (χ1) is 27.4. The number of cyclic esters (lactones) is 2. The van der Waals surface area contributed by atoms with Crippen LogP contribution in [0, 0.1) is 57.7 Å². The van der Waals surface area contributed by atoms with E-state index in [4.69, 9.17) is 23.4 Å². The summed E-state index contributed by atoms with van der Waals surface area (Å²) in [5, 5.41) is 31.8. The molecule has 57 heavy (non-hydrogen) atoms. The Balaban J connectivity index is 0.971. The molecule has 5 saturated heterocycles. The van der Waals surface area contributed by atoms with E-state index < -0.39 is 69.9 Å². The lowest BCUT2D eigenvalue weighted by Gasteiger charge is -2.70. The molecule has 10 aliphatic rings. The molecular weight excluding hydrogens is 728 g/mol. The van der Waals surface area contributed by atoms with Crippen molar-refractivity contribution in [2.45, 2.75) is 158 Å². The highest BCUT2D eigenvalue weighted by molar-refractivity contribution is 5.92. The van der Waals surface area contributed by atoms with Gasteiger partial charge < -0.3 is 44.2 Å². The second-order valence-corrected chi connectivity index (χ2v) is 21.1. The highest BCUT2D eigenvalue weighted by Crippen LogP contribution is 2.82. The van der Waals surface area contributed by atoms with E-state index in [1.807, 2.05) is 19.9 Å². The summed E-state index contributed by atoms with van der Waals surface area (Å²) in [6.45, 7) is 7.93. The number of hydrogen-bond acceptors (Lipinski definition) is 12. The van der Waals surface area contributed by atoms with E-state index in [0.29, 0.717) is 43.1 Å². The molecule has 5 aliphatic heterocycles. The van der Waals surface area contributed by atoms with Crippen LogP contribution >= 0.6 is 0 Å². The van der Waals surface area contributed by atoms with Crippen molar-refractivity contribution in [2.75, 3.05) is 19.8 Å². The van der Waals surface area contributed by atoms with E-state index in [0.717, 1.165) is 75.9 Å². The first kappa shape index (κ1) is 37.6. The molecule has 312 valence electrons. The van der Waals surface area contributed by atoms with Gasteiger partial charge in [-0.3, -0.25) is 9.59 Å². The average Bonchev–Trinajstić information content (AvgIpc) is 3.45. The Hall–Kier alpha value is -2.35. The maximum atomic E-state index is 15.2. The number of ether oxygens (including phenoxy) is 4. The number of nitrogens with one attached hydrogen (secondary N) is 2. The zero-order valence-corrected chi connectivity index (χ0v) is 33.8. The van der Waals surface area contributed by atoms with Gasteiger partial charge in [0.05, 0.1) is 36.4 Å². The molecule has 5 aliphatic carbocycles. The normalized spacial score (nSPS) is 51.4. The molecule has 11 rings (SSSR count). The Kier molecular flexibility index (Phi) is 8.47. The van der Waals surface area contributed by atoms with Gasteiger partial charge in [-0.1, -0.05) is 26.2 Å². The Bertz CT molecular complexity index is 1820. The van der Waals surface area contributed by atoms with E-state index >= 15 is 4.79 Å². The van der Waals surface area contributed by atoms with Crippen molar-refractivity contribution in [1.82, 2.24) is 10.6 Å². The van der Waals surface area contributed by atoms with Gasteiger partial charge in [0, 0.05) is 47.5 Å². The third-order valence-corrected chi connectivity index (χ3v) is 18.5. The van der Waals surface area contributed by atoms with Crippen LogP contribution in [0.2, 0.25) is 0 Å². The summed E-state index contributed by atoms with van der Waals surface area (Å²) < 4.78 is 32.5. The minimum Gasteiger partial charge on any atom is -0.469 e. The highest BCUT2D eigenvalue weighted by atomic mass is 16.7. The number of rotatable bonds is 5. The summed E-state index contributed by atoms with van der Waals surface area (Å²) in [5.41, 5.74) is -4.09. The SMILES string of the molecule is CC1(C)OC2CC(=O)OCC23C1C(=O)C(O)C1(C2CCCCC2)C3CCC2(C)C(c3ccoc3CC3CC4CC(C5CNCN5)CCC4CC3O)OC(=O)C3OC321. The number of esters is 2. The monoisotopic (exact) mass is 790 g/mol. The van der Waals surface area contributed by atoms with Crippen LogP contribution < -0.4 is 10.6 Å². The van der Waals surface area contributed by atoms with Crippen LogP contribution in [0.4, 0.5) is 0 Å². The molecule has 12 nitrogen and oxygen atoms in total. The van der Waals surface area contributed by atoms with Crippen LogP contribution in [0.1, 0.15) is 122 Å². The van der Waals surface area contributed by atoms with Crippen molar-refractivity contribution in [3.63, 3.8) is 0 Å². The predicted octanol–water partition coefficient (Wildman–Crippen LogP) is 4.53. The average molecular weight is 791 g/mol. The first-order valence-electron chi connectivity index (χ1n) is 22.5. The topological polar surface area (TPSA) is 169 Å². The zero-order valence-electron chi connectivity index (χ0n) is 33.8. The highest BCUT2D eigenvalue weighted by Gasteiger charge is 2.92. The molecule has 1 aromatic heterocycles. The number of fused-ring (bicyclic) bond motifs is 2. The number of carbonyl (C=O) groups is 3. The van der Waals surface area contributed by atoms with Gasteiger partial charge in [-0.05, 0) is 113 Å². The fourth-order valence-electron chi connectivity index (χ4n) is 16.4. The number of aliphatic hydroxyl groups is 2. The van der Waals surface area contributed by atoms with Crippen molar-refractivity contribution in [2.24, 2.45) is 57.7 Å². The third kappa shape index (κ3) is 4.86. The Labute approximate surface area is 335 Å². The molecule has 0 bridgehead atoms. The van der Waals surface area contributed by atoms with Crippen molar-refractivity contribution in [3.05, 3.63) is 23.7 Å². The van der Waals surface area contributed by atoms with Crippen molar-refractivity contribution < 1.29 is 48.0 Å². The number of epoxide rings is 1. The lowest BCUT2D eigenvalue weighted by Crippen LogP contribution is -2.79. The maximum Gasteiger partial charge on any atom is 0.339 e. The first-order valence-corrected chi connectivity index (χ1v) is 22.5. The smallest absolute Gasteiger partial charge is 0.339 e. The largest absolute Gasteiger partial charge is 0.469 e. The fourth-order valence-corrected chi connectivity index (χ4v) is 16.4. The van der Waals surface area contributed by atoms with E-state index in [9.17, 15) is 19.8 Å². The van der Waals surface area contributed by atoms with Crippen LogP contribution in [-0.2, 0) is 39.8 Å². The summed E-state index contributed by atoms with van der Waals surface area (Å²) in [7, 11) is 0. The van der Waals surface area contributed by atoms with Crippen LogP contribution in [0.5, 0.6) is 0 Å².